The third-order valence-electron chi connectivity index (χ3n) is 5.27. The maximum absolute atomic E-state index is 11.7. The molecule has 1 aliphatic carbocycles. The van der Waals surface area contributed by atoms with Crippen molar-refractivity contribution in [3.05, 3.63) is 41.7 Å². The van der Waals surface area contributed by atoms with Gasteiger partial charge in [-0.2, -0.15) is 10.1 Å². The van der Waals surface area contributed by atoms with Crippen LogP contribution in [0.5, 0.6) is 0 Å². The summed E-state index contributed by atoms with van der Waals surface area (Å²) < 4.78 is 5.48. The Bertz CT molecular complexity index is 940. The third kappa shape index (κ3) is 3.44. The minimum absolute atomic E-state index is 0.0866. The van der Waals surface area contributed by atoms with Crippen LogP contribution in [0.3, 0.4) is 0 Å². The quantitative estimate of drug-likeness (QED) is 0.636. The highest BCUT2D eigenvalue weighted by molar-refractivity contribution is 5.81. The number of nitrogens with zero attached hydrogens (tertiary/aromatic N) is 3. The molecule has 8 nitrogen and oxygen atoms in total. The first-order valence-electron chi connectivity index (χ1n) is 9.38. The zero-order chi connectivity index (χ0) is 18.9. The highest BCUT2D eigenvalue weighted by Crippen LogP contribution is 2.36. The average molecular weight is 368 g/mol. The molecular weight excluding hydrogens is 344 g/mol. The van der Waals surface area contributed by atoms with Gasteiger partial charge < -0.3 is 15.6 Å². The number of rotatable bonds is 5. The number of hydrogen-bond acceptors (Lipinski definition) is 6. The molecule has 1 aromatic carbocycles. The zero-order valence-corrected chi connectivity index (χ0v) is 15.4. The lowest BCUT2D eigenvalue weighted by Crippen LogP contribution is -2.47. The van der Waals surface area contributed by atoms with E-state index in [1.165, 1.54) is 6.92 Å². The van der Waals surface area contributed by atoms with Crippen LogP contribution >= 0.6 is 0 Å². The molecule has 0 spiro atoms. The number of fused-ring (bicyclic) bond motifs is 1. The topological polar surface area (TPSA) is 123 Å². The standard InChI is InChI=1S/C19H24N6O2/c1-12(26)22-19(9-5-2-6-10-19)18-21-17(27-25-18)14(20)11-16-13-7-3-4-8-15(13)23-24-16/h3-4,7-8,14H,2,5-6,9-11,20H2,1H3,(H,22,26)(H,23,24). The van der Waals surface area contributed by atoms with E-state index in [1.54, 1.807) is 0 Å². The van der Waals surface area contributed by atoms with Gasteiger partial charge in [0.15, 0.2) is 5.82 Å². The Balaban J connectivity index is 1.56. The van der Waals surface area contributed by atoms with E-state index in [1.807, 2.05) is 24.3 Å². The van der Waals surface area contributed by atoms with Crippen LogP contribution in [0.1, 0.15) is 62.5 Å². The van der Waals surface area contributed by atoms with Crippen LogP contribution in [0.4, 0.5) is 0 Å². The Labute approximate surface area is 156 Å². The second-order valence-corrected chi connectivity index (χ2v) is 7.31. The maximum atomic E-state index is 11.7. The van der Waals surface area contributed by atoms with Crippen LogP contribution in [0.25, 0.3) is 10.9 Å². The Morgan fingerprint density at radius 2 is 2.11 bits per heavy atom. The lowest BCUT2D eigenvalue weighted by atomic mass is 9.81. The highest BCUT2D eigenvalue weighted by Gasteiger charge is 2.39. The van der Waals surface area contributed by atoms with E-state index in [9.17, 15) is 4.79 Å². The predicted molar refractivity (Wildman–Crippen MR) is 99.6 cm³/mol. The van der Waals surface area contributed by atoms with Crippen molar-refractivity contribution in [1.82, 2.24) is 25.7 Å². The van der Waals surface area contributed by atoms with Crippen LogP contribution in [-0.2, 0) is 16.8 Å². The first-order valence-corrected chi connectivity index (χ1v) is 9.38. The molecule has 0 aliphatic heterocycles. The van der Waals surface area contributed by atoms with Crippen molar-refractivity contribution in [2.24, 2.45) is 5.73 Å². The molecule has 4 N–H and O–H groups in total. The van der Waals surface area contributed by atoms with Gasteiger partial charge in [-0.05, 0) is 18.9 Å². The van der Waals surface area contributed by atoms with Crippen molar-refractivity contribution in [3.8, 4) is 0 Å². The van der Waals surface area contributed by atoms with Crippen molar-refractivity contribution in [2.45, 2.75) is 57.0 Å². The van der Waals surface area contributed by atoms with E-state index in [2.05, 4.69) is 25.7 Å². The fourth-order valence-corrected chi connectivity index (χ4v) is 3.95. The summed E-state index contributed by atoms with van der Waals surface area (Å²) in [7, 11) is 0. The number of nitrogens with two attached hydrogens (primary N) is 1. The molecule has 27 heavy (non-hydrogen) atoms. The third-order valence-corrected chi connectivity index (χ3v) is 5.27. The number of benzene rings is 1. The Hall–Kier alpha value is -2.74. The average Bonchev–Trinajstić information content (AvgIpc) is 3.30. The molecule has 0 bridgehead atoms. The van der Waals surface area contributed by atoms with Gasteiger partial charge in [-0.25, -0.2) is 0 Å². The minimum atomic E-state index is -0.549. The predicted octanol–water partition coefficient (Wildman–Crippen LogP) is 2.48. The van der Waals surface area contributed by atoms with Crippen LogP contribution < -0.4 is 11.1 Å². The number of hydrogen-bond donors (Lipinski definition) is 3. The monoisotopic (exact) mass is 368 g/mol. The van der Waals surface area contributed by atoms with Crippen molar-refractivity contribution < 1.29 is 9.32 Å². The molecule has 0 saturated heterocycles. The lowest BCUT2D eigenvalue weighted by molar-refractivity contribution is -0.121. The smallest absolute Gasteiger partial charge is 0.244 e. The second-order valence-electron chi connectivity index (χ2n) is 7.31. The number of carbonyl (C=O) groups is 1. The van der Waals surface area contributed by atoms with Gasteiger partial charge >= 0.3 is 0 Å². The second kappa shape index (κ2) is 7.11. The van der Waals surface area contributed by atoms with E-state index < -0.39 is 11.6 Å². The van der Waals surface area contributed by atoms with Crippen LogP contribution in [0, 0.1) is 0 Å². The summed E-state index contributed by atoms with van der Waals surface area (Å²) in [5, 5.41) is 15.6. The van der Waals surface area contributed by atoms with Gasteiger partial charge in [0.05, 0.1) is 11.6 Å². The van der Waals surface area contributed by atoms with Crippen molar-refractivity contribution in [3.63, 3.8) is 0 Å². The van der Waals surface area contributed by atoms with E-state index in [0.717, 1.165) is 48.7 Å². The molecule has 2 aromatic heterocycles. The lowest BCUT2D eigenvalue weighted by Gasteiger charge is -2.34. The van der Waals surface area contributed by atoms with Gasteiger partial charge in [0.1, 0.15) is 5.54 Å². The molecule has 1 fully saturated rings. The summed E-state index contributed by atoms with van der Waals surface area (Å²) in [4.78, 5) is 16.3. The molecule has 142 valence electrons. The van der Waals surface area contributed by atoms with Crippen LogP contribution in [0.15, 0.2) is 28.8 Å². The molecule has 0 radical (unpaired) electrons. The summed E-state index contributed by atoms with van der Waals surface area (Å²) in [6.07, 6.45) is 5.33. The van der Waals surface area contributed by atoms with E-state index in [-0.39, 0.29) is 5.91 Å². The number of carbonyl (C=O) groups excluding carboxylic acids is 1. The number of nitrogens with one attached hydrogen (secondary N) is 2. The summed E-state index contributed by atoms with van der Waals surface area (Å²) in [6.45, 7) is 1.52. The Morgan fingerprint density at radius 3 is 2.89 bits per heavy atom. The molecule has 2 heterocycles. The number of aromatic amines is 1. The normalized spacial score (nSPS) is 17.7. The van der Waals surface area contributed by atoms with Crippen LogP contribution in [0.2, 0.25) is 0 Å². The first-order chi connectivity index (χ1) is 13.1. The molecule has 1 aliphatic rings. The van der Waals surface area contributed by atoms with Crippen molar-refractivity contribution >= 4 is 16.8 Å². The molecule has 1 unspecified atom stereocenters. The molecule has 1 atom stereocenters. The minimum Gasteiger partial charge on any atom is -0.343 e. The number of aromatic nitrogens is 4. The van der Waals surface area contributed by atoms with Crippen molar-refractivity contribution in [2.75, 3.05) is 0 Å². The van der Waals surface area contributed by atoms with Gasteiger partial charge in [-0.15, -0.1) is 0 Å². The molecule has 1 amide bonds. The van der Waals surface area contributed by atoms with Crippen molar-refractivity contribution in [1.29, 1.82) is 0 Å². The molecule has 8 heteroatoms. The van der Waals surface area contributed by atoms with Gasteiger partial charge in [-0.3, -0.25) is 9.89 Å². The SMILES string of the molecule is CC(=O)NC1(c2noc(C(N)Cc3[nH]nc4ccccc34)n2)CCCCC1. The number of para-hydroxylation sites is 1. The highest BCUT2D eigenvalue weighted by atomic mass is 16.5. The molecule has 4 rings (SSSR count). The van der Waals surface area contributed by atoms with Crippen LogP contribution in [-0.4, -0.2) is 26.2 Å². The molecule has 1 saturated carbocycles. The molecular formula is C19H24N6O2. The van der Waals surface area contributed by atoms with E-state index >= 15 is 0 Å². The zero-order valence-electron chi connectivity index (χ0n) is 15.4. The number of amides is 1. The van der Waals surface area contributed by atoms with Gasteiger partial charge in [-0.1, -0.05) is 42.6 Å². The fourth-order valence-electron chi connectivity index (χ4n) is 3.95. The Kier molecular flexibility index (Phi) is 4.65. The summed E-state index contributed by atoms with van der Waals surface area (Å²) in [5.41, 5.74) is 7.62. The largest absolute Gasteiger partial charge is 0.343 e. The van der Waals surface area contributed by atoms with Gasteiger partial charge in [0.2, 0.25) is 11.8 Å². The van der Waals surface area contributed by atoms with Gasteiger partial charge in [0.25, 0.3) is 0 Å². The number of H-pyrrole nitrogens is 1. The molecule has 3 aromatic rings. The maximum Gasteiger partial charge on any atom is 0.244 e. The first kappa shape index (κ1) is 17.7. The fraction of sp³-hybridized carbons (Fsp3) is 0.474. The Morgan fingerprint density at radius 1 is 1.33 bits per heavy atom. The van der Waals surface area contributed by atoms with E-state index in [0.29, 0.717) is 18.1 Å². The summed E-state index contributed by atoms with van der Waals surface area (Å²) >= 11 is 0. The summed E-state index contributed by atoms with van der Waals surface area (Å²) in [5.74, 6) is 0.813. The summed E-state index contributed by atoms with van der Waals surface area (Å²) in [6, 6.07) is 7.42. The van der Waals surface area contributed by atoms with E-state index in [4.69, 9.17) is 10.3 Å². The van der Waals surface area contributed by atoms with Gasteiger partial charge in [0, 0.05) is 24.4 Å².